The van der Waals surface area contributed by atoms with Crippen LogP contribution in [0.25, 0.3) is 32.9 Å². The first-order valence-electron chi connectivity index (χ1n) is 11.8. The summed E-state index contributed by atoms with van der Waals surface area (Å²) in [4.78, 5) is 23.8. The van der Waals surface area contributed by atoms with Crippen molar-refractivity contribution >= 4 is 33.7 Å². The Balaban J connectivity index is 1.81. The van der Waals surface area contributed by atoms with Crippen molar-refractivity contribution in [1.29, 1.82) is 0 Å². The predicted molar refractivity (Wildman–Crippen MR) is 141 cm³/mol. The van der Waals surface area contributed by atoms with Gasteiger partial charge in [0.25, 0.3) is 0 Å². The summed E-state index contributed by atoms with van der Waals surface area (Å²) in [6, 6.07) is 27.9. The van der Waals surface area contributed by atoms with Crippen LogP contribution in [0.4, 0.5) is 0 Å². The number of nitrogens with two attached hydrogens (primary N) is 1. The number of carboxylic acids is 1. The quantitative estimate of drug-likeness (QED) is 0.302. The van der Waals surface area contributed by atoms with E-state index in [1.807, 2.05) is 55.5 Å². The number of aliphatic carboxylic acids is 1. The number of carbonyl (C=O) groups is 2. The third-order valence-electron chi connectivity index (χ3n) is 6.47. The highest BCUT2D eigenvalue weighted by Crippen LogP contribution is 2.40. The summed E-state index contributed by atoms with van der Waals surface area (Å²) in [6.45, 7) is 2.10. The van der Waals surface area contributed by atoms with Crippen LogP contribution in [0.5, 0.6) is 5.75 Å². The first-order chi connectivity index (χ1) is 17.5. The normalized spacial score (nSPS) is 11.1. The van der Waals surface area contributed by atoms with E-state index in [9.17, 15) is 14.7 Å². The van der Waals surface area contributed by atoms with Crippen molar-refractivity contribution in [3.63, 3.8) is 0 Å². The zero-order valence-electron chi connectivity index (χ0n) is 19.9. The molecule has 36 heavy (non-hydrogen) atoms. The number of primary amides is 1. The van der Waals surface area contributed by atoms with Gasteiger partial charge in [-0.15, -0.1) is 0 Å². The van der Waals surface area contributed by atoms with E-state index in [4.69, 9.17) is 10.5 Å². The number of amides is 1. The maximum absolute atomic E-state index is 12.4. The number of aromatic nitrogens is 1. The summed E-state index contributed by atoms with van der Waals surface area (Å²) in [5, 5.41) is 10.6. The van der Waals surface area contributed by atoms with Gasteiger partial charge in [0.15, 0.2) is 6.61 Å². The third kappa shape index (κ3) is 4.18. The van der Waals surface area contributed by atoms with Crippen LogP contribution in [0, 0.1) is 0 Å². The summed E-state index contributed by atoms with van der Waals surface area (Å²) in [7, 11) is 0. The summed E-state index contributed by atoms with van der Waals surface area (Å²) < 4.78 is 7.92. The molecule has 3 N–H and O–H groups in total. The van der Waals surface area contributed by atoms with E-state index in [1.54, 1.807) is 6.07 Å². The average molecular weight is 479 g/mol. The number of carboxylic acid groups (broad SMARTS) is 1. The number of aryl methyl sites for hydroxylation is 1. The number of benzene rings is 4. The number of hydrogen-bond donors (Lipinski definition) is 2. The summed E-state index contributed by atoms with van der Waals surface area (Å²) in [5.41, 5.74) is 12.2. The number of nitrogens with zero attached hydrogens (tertiary/aromatic N) is 1. The largest absolute Gasteiger partial charge is 0.481 e. The molecule has 5 rings (SSSR count). The second kappa shape index (κ2) is 9.58. The highest BCUT2D eigenvalue weighted by atomic mass is 16.5. The molecule has 0 aliphatic rings. The predicted octanol–water partition coefficient (Wildman–Crippen LogP) is 5.63. The molecule has 0 spiro atoms. The Morgan fingerprint density at radius 2 is 1.64 bits per heavy atom. The molecule has 180 valence electrons. The molecule has 0 aliphatic carbocycles. The molecule has 0 saturated heterocycles. The molecule has 0 atom stereocenters. The van der Waals surface area contributed by atoms with E-state index in [0.29, 0.717) is 28.6 Å². The van der Waals surface area contributed by atoms with Crippen molar-refractivity contribution in [2.45, 2.75) is 19.9 Å². The van der Waals surface area contributed by atoms with Crippen molar-refractivity contribution in [2.75, 3.05) is 6.61 Å². The Bertz CT molecular complexity index is 1600. The lowest BCUT2D eigenvalue weighted by molar-refractivity contribution is -0.139. The molecule has 0 unspecified atom stereocenters. The van der Waals surface area contributed by atoms with Gasteiger partial charge in [0.1, 0.15) is 5.75 Å². The molecule has 0 fully saturated rings. The van der Waals surface area contributed by atoms with Gasteiger partial charge in [-0.2, -0.15) is 0 Å². The van der Waals surface area contributed by atoms with Gasteiger partial charge in [-0.25, -0.2) is 4.79 Å². The third-order valence-corrected chi connectivity index (χ3v) is 6.47. The van der Waals surface area contributed by atoms with E-state index < -0.39 is 18.5 Å². The van der Waals surface area contributed by atoms with Crippen molar-refractivity contribution in [3.05, 3.63) is 102 Å². The Morgan fingerprint density at radius 1 is 0.889 bits per heavy atom. The molecule has 5 aromatic rings. The lowest BCUT2D eigenvalue weighted by atomic mass is 9.99. The molecule has 0 radical (unpaired) electrons. The molecule has 0 saturated carbocycles. The second-order valence-corrected chi connectivity index (χ2v) is 8.70. The fourth-order valence-corrected chi connectivity index (χ4v) is 4.84. The molecule has 4 aromatic carbocycles. The minimum Gasteiger partial charge on any atom is -0.481 e. The molecular weight excluding hydrogens is 452 g/mol. The van der Waals surface area contributed by atoms with Crippen LogP contribution in [-0.4, -0.2) is 28.2 Å². The lowest BCUT2D eigenvalue weighted by Crippen LogP contribution is -2.12. The maximum Gasteiger partial charge on any atom is 0.341 e. The minimum atomic E-state index is -1.07. The van der Waals surface area contributed by atoms with Gasteiger partial charge in [-0.1, -0.05) is 67.6 Å². The van der Waals surface area contributed by atoms with Crippen molar-refractivity contribution < 1.29 is 19.4 Å². The van der Waals surface area contributed by atoms with Crippen molar-refractivity contribution in [3.8, 4) is 16.9 Å². The first-order valence-corrected chi connectivity index (χ1v) is 11.8. The molecule has 0 aliphatic heterocycles. The Kier molecular flexibility index (Phi) is 6.17. The summed E-state index contributed by atoms with van der Waals surface area (Å²) in [5.74, 6) is -1.19. The zero-order valence-corrected chi connectivity index (χ0v) is 19.9. The maximum atomic E-state index is 12.4. The first kappa shape index (κ1) is 23.2. The fourth-order valence-electron chi connectivity index (χ4n) is 4.84. The molecule has 6 heteroatoms. The lowest BCUT2D eigenvalue weighted by Gasteiger charge is -2.14. The van der Waals surface area contributed by atoms with E-state index in [0.717, 1.165) is 39.7 Å². The van der Waals surface area contributed by atoms with Crippen LogP contribution in [-0.2, 0) is 17.8 Å². The van der Waals surface area contributed by atoms with Gasteiger partial charge in [0, 0.05) is 17.5 Å². The number of ether oxygens (including phenoxy) is 1. The monoisotopic (exact) mass is 478 g/mol. The topological polar surface area (TPSA) is 94.6 Å². The Labute approximate surface area is 208 Å². The fraction of sp³-hybridized carbons (Fsp3) is 0.133. The Hall–Kier alpha value is -4.58. The van der Waals surface area contributed by atoms with Crippen LogP contribution < -0.4 is 10.5 Å². The van der Waals surface area contributed by atoms with Crippen LogP contribution in [0.1, 0.15) is 28.4 Å². The van der Waals surface area contributed by atoms with E-state index in [1.165, 1.54) is 0 Å². The number of hydrogen-bond acceptors (Lipinski definition) is 3. The van der Waals surface area contributed by atoms with Gasteiger partial charge >= 0.3 is 5.97 Å². The highest BCUT2D eigenvalue weighted by molar-refractivity contribution is 6.20. The van der Waals surface area contributed by atoms with Gasteiger partial charge in [0.2, 0.25) is 5.91 Å². The van der Waals surface area contributed by atoms with Crippen molar-refractivity contribution in [1.82, 2.24) is 4.57 Å². The van der Waals surface area contributed by atoms with Crippen LogP contribution in [0.15, 0.2) is 84.9 Å². The molecule has 0 bridgehead atoms. The average Bonchev–Trinajstić information content (AvgIpc) is 3.21. The SMILES string of the molecule is CCc1cc(OCC(=O)O)c2c3c(C(N)=O)cccc3n(Cc3ccccc3-c3ccccc3)c2c1. The van der Waals surface area contributed by atoms with E-state index >= 15 is 0 Å². The standard InChI is InChI=1S/C30H26N2O4/c1-2-19-15-25-29(26(16-19)36-18-27(33)34)28-23(30(31)35)13-8-14-24(28)32(25)17-21-11-6-7-12-22(21)20-9-4-3-5-10-20/h3-16H,2,17-18H2,1H3,(H2,31,35)(H,33,34). The highest BCUT2D eigenvalue weighted by Gasteiger charge is 2.21. The van der Waals surface area contributed by atoms with Gasteiger partial charge in [-0.05, 0) is 52.9 Å². The Morgan fingerprint density at radius 3 is 2.36 bits per heavy atom. The van der Waals surface area contributed by atoms with E-state index in [-0.39, 0.29) is 0 Å². The summed E-state index contributed by atoms with van der Waals surface area (Å²) in [6.07, 6.45) is 0.740. The number of fused-ring (bicyclic) bond motifs is 3. The second-order valence-electron chi connectivity index (χ2n) is 8.70. The van der Waals surface area contributed by atoms with Gasteiger partial charge < -0.3 is 20.1 Å². The summed E-state index contributed by atoms with van der Waals surface area (Å²) >= 11 is 0. The van der Waals surface area contributed by atoms with Crippen LogP contribution in [0.2, 0.25) is 0 Å². The van der Waals surface area contributed by atoms with Crippen LogP contribution >= 0.6 is 0 Å². The molecule has 1 amide bonds. The molecule has 1 aromatic heterocycles. The smallest absolute Gasteiger partial charge is 0.341 e. The molecular formula is C30H26N2O4. The van der Waals surface area contributed by atoms with Gasteiger partial charge in [0.05, 0.1) is 16.4 Å². The molecule has 6 nitrogen and oxygen atoms in total. The van der Waals surface area contributed by atoms with Crippen molar-refractivity contribution in [2.24, 2.45) is 5.73 Å². The zero-order chi connectivity index (χ0) is 25.2. The minimum absolute atomic E-state index is 0.372. The number of rotatable bonds is 8. The molecule has 1 heterocycles. The van der Waals surface area contributed by atoms with E-state index in [2.05, 4.69) is 34.9 Å². The number of carbonyl (C=O) groups excluding carboxylic acids is 1. The van der Waals surface area contributed by atoms with Crippen LogP contribution in [0.3, 0.4) is 0 Å². The van der Waals surface area contributed by atoms with Gasteiger partial charge in [-0.3, -0.25) is 4.79 Å².